The van der Waals surface area contributed by atoms with Crippen LogP contribution in [0.2, 0.25) is 0 Å². The molecular weight excluding hydrogens is 324 g/mol. The number of amides is 2. The Morgan fingerprint density at radius 2 is 1.77 bits per heavy atom. The minimum Gasteiger partial charge on any atom is -0.459 e. The highest BCUT2D eigenvalue weighted by Gasteiger charge is 2.21. The molecule has 2 aromatic carbocycles. The van der Waals surface area contributed by atoms with E-state index in [1.54, 1.807) is 11.9 Å². The number of benzene rings is 2. The number of hydrogen-bond acceptors (Lipinski definition) is 2. The fourth-order valence-corrected chi connectivity index (χ4v) is 3.35. The van der Waals surface area contributed by atoms with Crippen molar-refractivity contribution in [2.45, 2.75) is 40.3 Å². The molecule has 0 saturated carbocycles. The van der Waals surface area contributed by atoms with E-state index in [2.05, 4.69) is 38.2 Å². The fourth-order valence-electron chi connectivity index (χ4n) is 3.35. The molecule has 0 aliphatic rings. The summed E-state index contributed by atoms with van der Waals surface area (Å²) >= 11 is 0. The molecule has 0 bridgehead atoms. The van der Waals surface area contributed by atoms with Gasteiger partial charge in [0, 0.05) is 19.0 Å². The number of nitrogens with one attached hydrogen (secondary N) is 1. The quantitative estimate of drug-likeness (QED) is 0.697. The van der Waals surface area contributed by atoms with E-state index in [0.29, 0.717) is 6.54 Å². The van der Waals surface area contributed by atoms with Crippen molar-refractivity contribution in [3.8, 4) is 0 Å². The summed E-state index contributed by atoms with van der Waals surface area (Å²) in [6, 6.07) is 13.9. The van der Waals surface area contributed by atoms with Crippen molar-refractivity contribution in [2.75, 3.05) is 7.05 Å². The molecule has 0 saturated heterocycles. The topological polar surface area (TPSA) is 45.5 Å². The van der Waals surface area contributed by atoms with Gasteiger partial charge in [0.1, 0.15) is 11.3 Å². The van der Waals surface area contributed by atoms with Gasteiger partial charge in [-0.2, -0.15) is 0 Å². The maximum Gasteiger partial charge on any atom is 0.318 e. The van der Waals surface area contributed by atoms with Gasteiger partial charge in [0.2, 0.25) is 0 Å². The molecule has 1 atom stereocenters. The first-order valence-electron chi connectivity index (χ1n) is 8.92. The first-order chi connectivity index (χ1) is 12.4. The number of furan rings is 1. The van der Waals surface area contributed by atoms with E-state index in [9.17, 15) is 4.79 Å². The van der Waals surface area contributed by atoms with Crippen LogP contribution in [-0.4, -0.2) is 18.0 Å². The van der Waals surface area contributed by atoms with Crippen molar-refractivity contribution in [3.63, 3.8) is 0 Å². The number of aryl methyl sites for hydroxylation is 3. The summed E-state index contributed by atoms with van der Waals surface area (Å²) in [4.78, 5) is 14.3. The first-order valence-corrected chi connectivity index (χ1v) is 8.92. The zero-order valence-electron chi connectivity index (χ0n) is 16.1. The number of hydrogen-bond donors (Lipinski definition) is 1. The Morgan fingerprint density at radius 1 is 1.12 bits per heavy atom. The summed E-state index contributed by atoms with van der Waals surface area (Å²) in [5.41, 5.74) is 5.67. The number of nitrogens with zero attached hydrogens (tertiary/aromatic N) is 1. The van der Waals surface area contributed by atoms with Gasteiger partial charge >= 0.3 is 6.03 Å². The van der Waals surface area contributed by atoms with E-state index in [0.717, 1.165) is 16.7 Å². The third-order valence-corrected chi connectivity index (χ3v) is 5.01. The Morgan fingerprint density at radius 3 is 2.42 bits per heavy atom. The number of para-hydroxylation sites is 1. The molecule has 136 valence electrons. The van der Waals surface area contributed by atoms with Gasteiger partial charge in [0.05, 0.1) is 6.04 Å². The maximum atomic E-state index is 12.6. The van der Waals surface area contributed by atoms with E-state index >= 15 is 0 Å². The zero-order chi connectivity index (χ0) is 18.8. The number of fused-ring (bicyclic) bond motifs is 1. The summed E-state index contributed by atoms with van der Waals surface area (Å²) in [6.45, 7) is 8.75. The molecule has 3 aromatic rings. The van der Waals surface area contributed by atoms with Gasteiger partial charge in [0.25, 0.3) is 0 Å². The summed E-state index contributed by atoms with van der Waals surface area (Å²) < 4.78 is 5.89. The zero-order valence-corrected chi connectivity index (χ0v) is 16.1. The van der Waals surface area contributed by atoms with E-state index in [1.807, 2.05) is 37.3 Å². The molecule has 2 amide bonds. The molecule has 1 N–H and O–H groups in total. The molecule has 4 heteroatoms. The number of carbonyl (C=O) groups excluding carboxylic acids is 1. The Balaban J connectivity index is 1.69. The smallest absolute Gasteiger partial charge is 0.318 e. The van der Waals surface area contributed by atoms with Crippen LogP contribution in [0.3, 0.4) is 0 Å². The van der Waals surface area contributed by atoms with Crippen LogP contribution >= 0.6 is 0 Å². The highest BCUT2D eigenvalue weighted by Crippen LogP contribution is 2.26. The molecular formula is C22H26N2O2. The molecule has 26 heavy (non-hydrogen) atoms. The van der Waals surface area contributed by atoms with Crippen LogP contribution in [0.25, 0.3) is 11.0 Å². The molecule has 0 aliphatic heterocycles. The lowest BCUT2D eigenvalue weighted by molar-refractivity contribution is 0.187. The highest BCUT2D eigenvalue weighted by molar-refractivity contribution is 5.78. The predicted molar refractivity (Wildman–Crippen MR) is 105 cm³/mol. The summed E-state index contributed by atoms with van der Waals surface area (Å²) in [6.07, 6.45) is 0. The number of carbonyl (C=O) groups is 1. The maximum absolute atomic E-state index is 12.6. The second kappa shape index (κ2) is 7.24. The van der Waals surface area contributed by atoms with Crippen molar-refractivity contribution >= 4 is 17.0 Å². The second-order valence-corrected chi connectivity index (χ2v) is 7.01. The Bertz CT molecular complexity index is 886. The van der Waals surface area contributed by atoms with Gasteiger partial charge in [-0.15, -0.1) is 0 Å². The predicted octanol–water partition coefficient (Wildman–Crippen LogP) is 5.26. The third-order valence-electron chi connectivity index (χ3n) is 5.01. The van der Waals surface area contributed by atoms with Crippen LogP contribution in [0, 0.1) is 20.8 Å². The van der Waals surface area contributed by atoms with Crippen molar-refractivity contribution in [3.05, 3.63) is 70.5 Å². The van der Waals surface area contributed by atoms with Crippen LogP contribution in [0.1, 0.15) is 41.0 Å². The molecule has 4 nitrogen and oxygen atoms in total. The van der Waals surface area contributed by atoms with Crippen LogP contribution in [0.4, 0.5) is 4.79 Å². The van der Waals surface area contributed by atoms with Crippen molar-refractivity contribution < 1.29 is 9.21 Å². The lowest BCUT2D eigenvalue weighted by Gasteiger charge is -2.24. The van der Waals surface area contributed by atoms with Crippen LogP contribution < -0.4 is 5.32 Å². The number of urea groups is 1. The molecule has 0 aliphatic carbocycles. The van der Waals surface area contributed by atoms with E-state index in [1.165, 1.54) is 22.3 Å². The van der Waals surface area contributed by atoms with Crippen molar-refractivity contribution in [2.24, 2.45) is 0 Å². The van der Waals surface area contributed by atoms with Gasteiger partial charge in [-0.05, 0) is 56.5 Å². The van der Waals surface area contributed by atoms with E-state index in [4.69, 9.17) is 4.42 Å². The van der Waals surface area contributed by atoms with Gasteiger partial charge in [-0.1, -0.05) is 35.9 Å². The molecule has 1 unspecified atom stereocenters. The minimum atomic E-state index is -0.150. The van der Waals surface area contributed by atoms with Gasteiger partial charge < -0.3 is 14.6 Å². The second-order valence-electron chi connectivity index (χ2n) is 7.01. The molecule has 0 radical (unpaired) electrons. The van der Waals surface area contributed by atoms with Gasteiger partial charge in [0.15, 0.2) is 0 Å². The molecule has 1 heterocycles. The average molecular weight is 350 g/mol. The average Bonchev–Trinajstić information content (AvgIpc) is 3.03. The van der Waals surface area contributed by atoms with Crippen molar-refractivity contribution in [1.82, 2.24) is 10.2 Å². The summed E-state index contributed by atoms with van der Waals surface area (Å²) in [5, 5.41) is 4.08. The Hall–Kier alpha value is -2.75. The van der Waals surface area contributed by atoms with E-state index < -0.39 is 0 Å². The number of rotatable bonds is 4. The standard InChI is InChI=1S/C22H26N2O2/c1-14-10-15(2)19(16(3)11-14)13-23-22(25)24(5)17(4)21-12-18-8-6-7-9-20(18)26-21/h6-12,17H,13H2,1-5H3,(H,23,25). The normalized spacial score (nSPS) is 12.2. The van der Waals surface area contributed by atoms with Gasteiger partial charge in [-0.25, -0.2) is 4.79 Å². The SMILES string of the molecule is Cc1cc(C)c(CNC(=O)N(C)C(C)c2cc3ccccc3o2)c(C)c1. The Kier molecular flexibility index (Phi) is 5.03. The lowest BCUT2D eigenvalue weighted by Crippen LogP contribution is -2.38. The first kappa shape index (κ1) is 18.1. The molecule has 3 rings (SSSR count). The Labute approximate surface area is 154 Å². The van der Waals surface area contributed by atoms with Crippen LogP contribution in [-0.2, 0) is 6.54 Å². The van der Waals surface area contributed by atoms with Gasteiger partial charge in [-0.3, -0.25) is 0 Å². The molecule has 0 fully saturated rings. The molecule has 1 aromatic heterocycles. The highest BCUT2D eigenvalue weighted by atomic mass is 16.3. The lowest BCUT2D eigenvalue weighted by atomic mass is 10.00. The monoisotopic (exact) mass is 350 g/mol. The molecule has 0 spiro atoms. The summed E-state index contributed by atoms with van der Waals surface area (Å²) in [5.74, 6) is 0.784. The third kappa shape index (κ3) is 3.59. The van der Waals surface area contributed by atoms with Crippen LogP contribution in [0.5, 0.6) is 0 Å². The summed E-state index contributed by atoms with van der Waals surface area (Å²) in [7, 11) is 1.79. The fraction of sp³-hybridized carbons (Fsp3) is 0.318. The van der Waals surface area contributed by atoms with E-state index in [-0.39, 0.29) is 12.1 Å². The van der Waals surface area contributed by atoms with Crippen LogP contribution in [0.15, 0.2) is 46.9 Å². The van der Waals surface area contributed by atoms with Crippen molar-refractivity contribution in [1.29, 1.82) is 0 Å². The minimum absolute atomic E-state index is 0.114. The largest absolute Gasteiger partial charge is 0.459 e.